The van der Waals surface area contributed by atoms with Gasteiger partial charge in [-0.15, -0.1) is 0 Å². The van der Waals surface area contributed by atoms with Crippen LogP contribution in [0.1, 0.15) is 27.2 Å². The molecule has 14 heavy (non-hydrogen) atoms. The number of carbonyl (C=O) groups excluding carboxylic acids is 1. The van der Waals surface area contributed by atoms with Crippen molar-refractivity contribution in [2.75, 3.05) is 13.2 Å². The van der Waals surface area contributed by atoms with Crippen molar-refractivity contribution in [2.45, 2.75) is 33.3 Å². The zero-order chi connectivity index (χ0) is 10.8. The summed E-state index contributed by atoms with van der Waals surface area (Å²) in [5.74, 6) is -0.301. The third-order valence-electron chi connectivity index (χ3n) is 2.61. The van der Waals surface area contributed by atoms with Crippen LogP contribution in [0, 0.1) is 5.41 Å². The second kappa shape index (κ2) is 4.13. The van der Waals surface area contributed by atoms with E-state index in [1.165, 1.54) is 0 Å². The zero-order valence-corrected chi connectivity index (χ0v) is 9.13. The smallest absolute Gasteiger partial charge is 0.333 e. The number of hydrogen-bond acceptors (Lipinski definition) is 3. The van der Waals surface area contributed by atoms with Gasteiger partial charge in [-0.25, -0.2) is 4.79 Å². The predicted octanol–water partition coefficient (Wildman–Crippen LogP) is 1.92. The highest BCUT2D eigenvalue weighted by Crippen LogP contribution is 2.34. The Kier molecular flexibility index (Phi) is 3.32. The van der Waals surface area contributed by atoms with E-state index < -0.39 is 0 Å². The molecule has 0 saturated carbocycles. The fraction of sp³-hybridized carbons (Fsp3) is 0.727. The number of ether oxygens (including phenoxy) is 2. The summed E-state index contributed by atoms with van der Waals surface area (Å²) in [6.45, 7) is 10.7. The standard InChI is InChI=1S/C11H18O3/c1-5-9(11(4)6-13-7-11)14-10(12)8(2)3/h9H,2,5-7H2,1,3-4H3. The Bertz CT molecular complexity index is 241. The third-order valence-corrected chi connectivity index (χ3v) is 2.61. The number of rotatable bonds is 4. The van der Waals surface area contributed by atoms with Gasteiger partial charge in [0.2, 0.25) is 0 Å². The molecule has 0 aromatic rings. The van der Waals surface area contributed by atoms with Crippen molar-refractivity contribution in [3.05, 3.63) is 12.2 Å². The molecule has 3 nitrogen and oxygen atoms in total. The minimum absolute atomic E-state index is 0.000139. The molecule has 1 unspecified atom stereocenters. The van der Waals surface area contributed by atoms with Crippen LogP contribution in [0.25, 0.3) is 0 Å². The first-order chi connectivity index (χ1) is 6.49. The molecule has 0 aromatic heterocycles. The highest BCUT2D eigenvalue weighted by atomic mass is 16.6. The molecule has 0 bridgehead atoms. The SMILES string of the molecule is C=C(C)C(=O)OC(CC)C1(C)COC1. The van der Waals surface area contributed by atoms with Crippen LogP contribution in [0.5, 0.6) is 0 Å². The molecule has 0 aromatic carbocycles. The zero-order valence-electron chi connectivity index (χ0n) is 9.13. The average molecular weight is 198 g/mol. The monoisotopic (exact) mass is 198 g/mol. The second-order valence-corrected chi connectivity index (χ2v) is 4.23. The topological polar surface area (TPSA) is 35.5 Å². The predicted molar refractivity (Wildman–Crippen MR) is 53.9 cm³/mol. The van der Waals surface area contributed by atoms with E-state index in [-0.39, 0.29) is 17.5 Å². The van der Waals surface area contributed by atoms with Gasteiger partial charge in [-0.2, -0.15) is 0 Å². The van der Waals surface area contributed by atoms with Crippen LogP contribution in [0.15, 0.2) is 12.2 Å². The van der Waals surface area contributed by atoms with Crippen molar-refractivity contribution in [1.82, 2.24) is 0 Å². The first kappa shape index (κ1) is 11.2. The Morgan fingerprint density at radius 1 is 1.64 bits per heavy atom. The minimum Gasteiger partial charge on any atom is -0.458 e. The van der Waals surface area contributed by atoms with E-state index in [9.17, 15) is 4.79 Å². The molecule has 1 heterocycles. The fourth-order valence-electron chi connectivity index (χ4n) is 1.56. The molecule has 80 valence electrons. The highest BCUT2D eigenvalue weighted by Gasteiger charge is 2.42. The lowest BCUT2D eigenvalue weighted by molar-refractivity contribution is -0.186. The molecule has 0 amide bonds. The van der Waals surface area contributed by atoms with Gasteiger partial charge < -0.3 is 9.47 Å². The Hall–Kier alpha value is -0.830. The second-order valence-electron chi connectivity index (χ2n) is 4.23. The first-order valence-corrected chi connectivity index (χ1v) is 4.94. The van der Waals surface area contributed by atoms with Gasteiger partial charge in [-0.1, -0.05) is 20.4 Å². The maximum atomic E-state index is 11.3. The van der Waals surface area contributed by atoms with Gasteiger partial charge in [-0.05, 0) is 13.3 Å². The normalized spacial score (nSPS) is 20.8. The van der Waals surface area contributed by atoms with E-state index in [2.05, 4.69) is 13.5 Å². The van der Waals surface area contributed by atoms with E-state index in [1.54, 1.807) is 6.92 Å². The molecule has 0 N–H and O–H groups in total. The summed E-state index contributed by atoms with van der Waals surface area (Å²) < 4.78 is 10.5. The summed E-state index contributed by atoms with van der Waals surface area (Å²) in [4.78, 5) is 11.3. The van der Waals surface area contributed by atoms with Crippen LogP contribution in [-0.4, -0.2) is 25.3 Å². The van der Waals surface area contributed by atoms with Crippen molar-refractivity contribution in [1.29, 1.82) is 0 Å². The molecule has 1 saturated heterocycles. The molecule has 1 rings (SSSR count). The summed E-state index contributed by atoms with van der Waals surface area (Å²) in [6.07, 6.45) is 0.763. The van der Waals surface area contributed by atoms with Gasteiger partial charge in [0.25, 0.3) is 0 Å². The number of carbonyl (C=O) groups is 1. The van der Waals surface area contributed by atoms with Crippen LogP contribution in [-0.2, 0) is 14.3 Å². The lowest BCUT2D eigenvalue weighted by Crippen LogP contribution is -2.50. The van der Waals surface area contributed by atoms with Crippen molar-refractivity contribution >= 4 is 5.97 Å². The molecule has 1 atom stereocenters. The van der Waals surface area contributed by atoms with Crippen LogP contribution in [0.2, 0.25) is 0 Å². The fourth-order valence-corrected chi connectivity index (χ4v) is 1.56. The lowest BCUT2D eigenvalue weighted by Gasteiger charge is -2.43. The molecular weight excluding hydrogens is 180 g/mol. The molecule has 1 aliphatic heterocycles. The molecule has 0 aliphatic carbocycles. The Labute approximate surface area is 85.1 Å². The van der Waals surface area contributed by atoms with Crippen molar-refractivity contribution in [2.24, 2.45) is 5.41 Å². The van der Waals surface area contributed by atoms with E-state index >= 15 is 0 Å². The van der Waals surface area contributed by atoms with E-state index in [0.29, 0.717) is 18.8 Å². The van der Waals surface area contributed by atoms with Gasteiger partial charge in [0, 0.05) is 5.57 Å². The minimum atomic E-state index is -0.301. The molecule has 3 heteroatoms. The van der Waals surface area contributed by atoms with Gasteiger partial charge in [0.1, 0.15) is 6.10 Å². The summed E-state index contributed by atoms with van der Waals surface area (Å²) in [5.41, 5.74) is 0.451. The van der Waals surface area contributed by atoms with E-state index in [0.717, 1.165) is 6.42 Å². The lowest BCUT2D eigenvalue weighted by atomic mass is 9.81. The van der Waals surface area contributed by atoms with Gasteiger partial charge in [0.05, 0.1) is 18.6 Å². The van der Waals surface area contributed by atoms with E-state index in [1.807, 2.05) is 6.92 Å². The molecule has 0 radical (unpaired) electrons. The highest BCUT2D eigenvalue weighted by molar-refractivity contribution is 5.87. The molecule has 1 fully saturated rings. The van der Waals surface area contributed by atoms with Crippen LogP contribution in [0.3, 0.4) is 0 Å². The quantitative estimate of drug-likeness (QED) is 0.511. The molecule has 0 spiro atoms. The van der Waals surface area contributed by atoms with Crippen LogP contribution < -0.4 is 0 Å². The average Bonchev–Trinajstić information content (AvgIpc) is 2.09. The summed E-state index contributed by atoms with van der Waals surface area (Å²) >= 11 is 0. The number of esters is 1. The third kappa shape index (κ3) is 2.15. The van der Waals surface area contributed by atoms with Crippen molar-refractivity contribution in [3.63, 3.8) is 0 Å². The molecule has 1 aliphatic rings. The van der Waals surface area contributed by atoms with Gasteiger partial charge >= 0.3 is 5.97 Å². The largest absolute Gasteiger partial charge is 0.458 e. The molecular formula is C11H18O3. The maximum Gasteiger partial charge on any atom is 0.333 e. The Balaban J connectivity index is 2.55. The summed E-state index contributed by atoms with van der Waals surface area (Å²) in [7, 11) is 0. The Morgan fingerprint density at radius 2 is 2.21 bits per heavy atom. The Morgan fingerprint density at radius 3 is 2.50 bits per heavy atom. The maximum absolute atomic E-state index is 11.3. The van der Waals surface area contributed by atoms with Gasteiger partial charge in [0.15, 0.2) is 0 Å². The van der Waals surface area contributed by atoms with Crippen LogP contribution >= 0.6 is 0 Å². The first-order valence-electron chi connectivity index (χ1n) is 4.94. The van der Waals surface area contributed by atoms with E-state index in [4.69, 9.17) is 9.47 Å². The summed E-state index contributed by atoms with van der Waals surface area (Å²) in [5, 5.41) is 0. The summed E-state index contributed by atoms with van der Waals surface area (Å²) in [6, 6.07) is 0. The van der Waals surface area contributed by atoms with Crippen molar-refractivity contribution < 1.29 is 14.3 Å². The van der Waals surface area contributed by atoms with Gasteiger partial charge in [-0.3, -0.25) is 0 Å². The number of hydrogen-bond donors (Lipinski definition) is 0. The van der Waals surface area contributed by atoms with Crippen molar-refractivity contribution in [3.8, 4) is 0 Å². The van der Waals surface area contributed by atoms with Crippen LogP contribution in [0.4, 0.5) is 0 Å².